The molecule has 37 heavy (non-hydrogen) atoms. The molecule has 0 saturated heterocycles. The third-order valence-corrected chi connectivity index (χ3v) is 6.25. The molecule has 1 heterocycles. The molecule has 0 spiro atoms. The summed E-state index contributed by atoms with van der Waals surface area (Å²) in [7, 11) is 1.57. The molecule has 1 aromatic heterocycles. The Kier molecular flexibility index (Phi) is 6.27. The number of nitrogens with one attached hydrogen (secondary N) is 3. The molecule has 0 radical (unpaired) electrons. The Morgan fingerprint density at radius 1 is 0.865 bits per heavy atom. The molecule has 1 aliphatic rings. The van der Waals surface area contributed by atoms with Crippen LogP contribution in [-0.2, 0) is 9.59 Å². The smallest absolute Gasteiger partial charge is 0.251 e. The molecule has 1 saturated carbocycles. The molecule has 0 aliphatic heterocycles. The fourth-order valence-corrected chi connectivity index (χ4v) is 3.95. The SMILES string of the molecule is CNC(=O)c1ccc2c(Oc3ccc(NC(=O)C4(C(=O)Nc5ccc(F)cc5)CC4)cc3)ccnc2c1. The number of nitrogens with zero attached hydrogens (tertiary/aromatic N) is 1. The number of hydrogen-bond acceptors (Lipinski definition) is 5. The Morgan fingerprint density at radius 3 is 2.08 bits per heavy atom. The minimum absolute atomic E-state index is 0.200. The monoisotopic (exact) mass is 498 g/mol. The summed E-state index contributed by atoms with van der Waals surface area (Å²) in [6.45, 7) is 0. The first-order valence-corrected chi connectivity index (χ1v) is 11.7. The number of anilines is 2. The van der Waals surface area contributed by atoms with Crippen molar-refractivity contribution in [1.29, 1.82) is 0 Å². The summed E-state index contributed by atoms with van der Waals surface area (Å²) in [5.74, 6) is -0.311. The number of fused-ring (bicyclic) bond motifs is 1. The number of aromatic nitrogens is 1. The van der Waals surface area contributed by atoms with Gasteiger partial charge in [-0.05, 0) is 85.6 Å². The molecule has 8 nitrogen and oxygen atoms in total. The Morgan fingerprint density at radius 2 is 1.49 bits per heavy atom. The maximum Gasteiger partial charge on any atom is 0.251 e. The van der Waals surface area contributed by atoms with E-state index < -0.39 is 23.0 Å². The van der Waals surface area contributed by atoms with Gasteiger partial charge in [0.1, 0.15) is 22.7 Å². The van der Waals surface area contributed by atoms with Gasteiger partial charge >= 0.3 is 0 Å². The number of pyridine rings is 1. The number of rotatable bonds is 7. The number of benzene rings is 3. The first-order valence-electron chi connectivity index (χ1n) is 11.7. The van der Waals surface area contributed by atoms with Crippen LogP contribution in [0.1, 0.15) is 23.2 Å². The van der Waals surface area contributed by atoms with Gasteiger partial charge in [0.15, 0.2) is 0 Å². The quantitative estimate of drug-likeness (QED) is 0.315. The number of ether oxygens (including phenoxy) is 1. The average Bonchev–Trinajstić information content (AvgIpc) is 3.73. The molecule has 0 bridgehead atoms. The van der Waals surface area contributed by atoms with Crippen molar-refractivity contribution in [2.24, 2.45) is 5.41 Å². The lowest BCUT2D eigenvalue weighted by Gasteiger charge is -2.16. The Hall–Kier alpha value is -4.79. The van der Waals surface area contributed by atoms with Crippen molar-refractivity contribution < 1.29 is 23.5 Å². The van der Waals surface area contributed by atoms with Gasteiger partial charge in [0, 0.05) is 35.6 Å². The Bertz CT molecular complexity index is 1500. The van der Waals surface area contributed by atoms with Crippen molar-refractivity contribution in [2.75, 3.05) is 17.7 Å². The summed E-state index contributed by atoms with van der Waals surface area (Å²) in [5, 5.41) is 8.82. The first kappa shape index (κ1) is 23.9. The number of carbonyl (C=O) groups excluding carboxylic acids is 3. The van der Waals surface area contributed by atoms with Gasteiger partial charge in [-0.2, -0.15) is 0 Å². The van der Waals surface area contributed by atoms with Crippen LogP contribution in [0.4, 0.5) is 15.8 Å². The van der Waals surface area contributed by atoms with Gasteiger partial charge in [-0.3, -0.25) is 19.4 Å². The van der Waals surface area contributed by atoms with E-state index in [0.717, 1.165) is 5.39 Å². The summed E-state index contributed by atoms with van der Waals surface area (Å²) >= 11 is 0. The molecule has 186 valence electrons. The molecule has 5 rings (SSSR count). The van der Waals surface area contributed by atoms with Crippen molar-refractivity contribution in [3.63, 3.8) is 0 Å². The summed E-state index contributed by atoms with van der Waals surface area (Å²) < 4.78 is 19.1. The van der Waals surface area contributed by atoms with Crippen LogP contribution in [-0.4, -0.2) is 29.8 Å². The third-order valence-electron chi connectivity index (χ3n) is 6.25. The molecule has 9 heteroatoms. The molecule has 3 amide bonds. The van der Waals surface area contributed by atoms with E-state index in [1.165, 1.54) is 24.3 Å². The summed E-state index contributed by atoms with van der Waals surface area (Å²) in [4.78, 5) is 41.9. The van der Waals surface area contributed by atoms with E-state index in [1.807, 2.05) is 0 Å². The highest BCUT2D eigenvalue weighted by Crippen LogP contribution is 2.47. The van der Waals surface area contributed by atoms with Crippen molar-refractivity contribution in [1.82, 2.24) is 10.3 Å². The molecule has 1 aliphatic carbocycles. The number of hydrogen-bond donors (Lipinski definition) is 3. The normalized spacial score (nSPS) is 13.5. The molecule has 3 N–H and O–H groups in total. The maximum absolute atomic E-state index is 13.1. The predicted molar refractivity (Wildman–Crippen MR) is 137 cm³/mol. The Balaban J connectivity index is 1.25. The van der Waals surface area contributed by atoms with Crippen LogP contribution in [0.25, 0.3) is 10.9 Å². The van der Waals surface area contributed by atoms with Gasteiger partial charge in [-0.1, -0.05) is 0 Å². The van der Waals surface area contributed by atoms with Crippen LogP contribution in [0.3, 0.4) is 0 Å². The highest BCUT2D eigenvalue weighted by Gasteiger charge is 2.56. The topological polar surface area (TPSA) is 109 Å². The van der Waals surface area contributed by atoms with Gasteiger partial charge < -0.3 is 20.7 Å². The summed E-state index contributed by atoms with van der Waals surface area (Å²) in [6, 6.07) is 19.1. The van der Waals surface area contributed by atoms with Crippen molar-refractivity contribution >= 4 is 40.0 Å². The van der Waals surface area contributed by atoms with Crippen LogP contribution in [0, 0.1) is 11.2 Å². The van der Waals surface area contributed by atoms with Crippen LogP contribution < -0.4 is 20.7 Å². The van der Waals surface area contributed by atoms with Gasteiger partial charge in [0.2, 0.25) is 11.8 Å². The first-order chi connectivity index (χ1) is 17.9. The van der Waals surface area contributed by atoms with Crippen molar-refractivity contribution in [3.8, 4) is 11.5 Å². The fraction of sp³-hybridized carbons (Fsp3) is 0.143. The van der Waals surface area contributed by atoms with Crippen LogP contribution >= 0.6 is 0 Å². The molecule has 1 fully saturated rings. The fourth-order valence-electron chi connectivity index (χ4n) is 3.95. The third kappa shape index (κ3) is 4.97. The molecule has 0 atom stereocenters. The van der Waals surface area contributed by atoms with E-state index >= 15 is 0 Å². The van der Waals surface area contributed by atoms with Crippen LogP contribution in [0.2, 0.25) is 0 Å². The minimum atomic E-state index is -1.15. The van der Waals surface area contributed by atoms with Crippen LogP contribution in [0.5, 0.6) is 11.5 Å². The second-order valence-corrected chi connectivity index (χ2v) is 8.74. The van der Waals surface area contributed by atoms with Gasteiger partial charge in [-0.15, -0.1) is 0 Å². The lowest BCUT2D eigenvalue weighted by Crippen LogP contribution is -2.35. The molecular formula is C28H23FN4O4. The second kappa shape index (κ2) is 9.69. The zero-order valence-electron chi connectivity index (χ0n) is 19.9. The highest BCUT2D eigenvalue weighted by molar-refractivity contribution is 6.16. The number of halogens is 1. The van der Waals surface area contributed by atoms with E-state index in [4.69, 9.17) is 4.74 Å². The Labute approximate surface area is 211 Å². The summed E-state index contributed by atoms with van der Waals surface area (Å²) in [5.41, 5.74) is 0.927. The van der Waals surface area contributed by atoms with Gasteiger partial charge in [0.05, 0.1) is 5.52 Å². The summed E-state index contributed by atoms with van der Waals surface area (Å²) in [6.07, 6.45) is 2.47. The number of amides is 3. The minimum Gasteiger partial charge on any atom is -0.457 e. The molecule has 0 unspecified atom stereocenters. The molecule has 4 aromatic rings. The molecular weight excluding hydrogens is 475 g/mol. The van der Waals surface area contributed by atoms with E-state index in [2.05, 4.69) is 20.9 Å². The van der Waals surface area contributed by atoms with Crippen molar-refractivity contribution in [3.05, 3.63) is 90.4 Å². The largest absolute Gasteiger partial charge is 0.457 e. The van der Waals surface area contributed by atoms with E-state index in [9.17, 15) is 18.8 Å². The predicted octanol–water partition coefficient (Wildman–Crippen LogP) is 4.88. The lowest BCUT2D eigenvalue weighted by atomic mass is 10.0. The van der Waals surface area contributed by atoms with Gasteiger partial charge in [-0.25, -0.2) is 4.39 Å². The maximum atomic E-state index is 13.1. The number of carbonyl (C=O) groups is 3. The standard InChI is InChI=1S/C28H23FN4O4/c1-30-25(34)17-2-11-22-23(16-17)31-15-12-24(22)37-21-9-7-20(8-10-21)33-27(36)28(13-14-28)26(35)32-19-5-3-18(29)4-6-19/h2-12,15-16H,13-14H2,1H3,(H,30,34)(H,32,35)(H,33,36). The molecule has 3 aromatic carbocycles. The highest BCUT2D eigenvalue weighted by atomic mass is 19.1. The van der Waals surface area contributed by atoms with E-state index in [1.54, 1.807) is 61.8 Å². The lowest BCUT2D eigenvalue weighted by molar-refractivity contribution is -0.131. The van der Waals surface area contributed by atoms with E-state index in [-0.39, 0.29) is 5.91 Å². The van der Waals surface area contributed by atoms with Gasteiger partial charge in [0.25, 0.3) is 5.91 Å². The van der Waals surface area contributed by atoms with Crippen molar-refractivity contribution in [2.45, 2.75) is 12.8 Å². The zero-order valence-corrected chi connectivity index (χ0v) is 19.9. The average molecular weight is 499 g/mol. The van der Waals surface area contributed by atoms with E-state index in [0.29, 0.717) is 46.8 Å². The zero-order chi connectivity index (χ0) is 26.0. The second-order valence-electron chi connectivity index (χ2n) is 8.74. The van der Waals surface area contributed by atoms with Crippen LogP contribution in [0.15, 0.2) is 79.0 Å².